The third-order valence-corrected chi connectivity index (χ3v) is 4.26. The minimum absolute atomic E-state index is 0.355. The standard InChI is InChI=1S/C15H12BrClFNO/c16-12-3-1-2-10(13(12)18)14(19)11-7-9(17)6-8-4-5-20-15(8)11/h1-3,6-7,14H,4-5,19H2. The minimum atomic E-state index is -0.613. The van der Waals surface area contributed by atoms with Gasteiger partial charge in [-0.3, -0.25) is 0 Å². The van der Waals surface area contributed by atoms with Crippen LogP contribution >= 0.6 is 27.5 Å². The molecule has 3 rings (SSSR count). The maximum Gasteiger partial charge on any atom is 0.142 e. The lowest BCUT2D eigenvalue weighted by Gasteiger charge is -2.17. The molecule has 1 unspecified atom stereocenters. The highest BCUT2D eigenvalue weighted by molar-refractivity contribution is 9.10. The lowest BCUT2D eigenvalue weighted by molar-refractivity contribution is 0.352. The Morgan fingerprint density at radius 2 is 2.10 bits per heavy atom. The molecule has 1 aliphatic rings. The first-order chi connectivity index (χ1) is 9.58. The van der Waals surface area contributed by atoms with Gasteiger partial charge >= 0.3 is 0 Å². The van der Waals surface area contributed by atoms with E-state index in [1.165, 1.54) is 0 Å². The molecule has 2 aromatic carbocycles. The SMILES string of the molecule is NC(c1cccc(Br)c1F)c1cc(Cl)cc2c1OCC2. The molecule has 2 nitrogen and oxygen atoms in total. The number of rotatable bonds is 2. The van der Waals surface area contributed by atoms with E-state index in [9.17, 15) is 4.39 Å². The molecule has 0 saturated heterocycles. The summed E-state index contributed by atoms with van der Waals surface area (Å²) in [6.07, 6.45) is 0.802. The highest BCUT2D eigenvalue weighted by Gasteiger charge is 2.24. The summed E-state index contributed by atoms with van der Waals surface area (Å²) in [5, 5.41) is 0.593. The maximum atomic E-state index is 14.2. The molecular weight excluding hydrogens is 345 g/mol. The van der Waals surface area contributed by atoms with E-state index in [0.29, 0.717) is 21.7 Å². The summed E-state index contributed by atoms with van der Waals surface area (Å²) in [5.41, 5.74) is 8.39. The van der Waals surface area contributed by atoms with Crippen molar-refractivity contribution in [2.24, 2.45) is 5.73 Å². The number of nitrogens with two attached hydrogens (primary N) is 1. The maximum absolute atomic E-state index is 14.2. The molecule has 0 aliphatic carbocycles. The number of benzene rings is 2. The molecule has 0 bridgehead atoms. The molecule has 1 aliphatic heterocycles. The first-order valence-electron chi connectivity index (χ1n) is 6.22. The first kappa shape index (κ1) is 13.9. The van der Waals surface area contributed by atoms with Crippen molar-refractivity contribution in [1.82, 2.24) is 0 Å². The van der Waals surface area contributed by atoms with E-state index in [4.69, 9.17) is 22.1 Å². The molecule has 2 aromatic rings. The molecule has 0 radical (unpaired) electrons. The van der Waals surface area contributed by atoms with Gasteiger partial charge in [0.2, 0.25) is 0 Å². The fourth-order valence-corrected chi connectivity index (χ4v) is 3.09. The van der Waals surface area contributed by atoms with Crippen LogP contribution in [0.4, 0.5) is 4.39 Å². The zero-order chi connectivity index (χ0) is 14.3. The molecule has 2 N–H and O–H groups in total. The fraction of sp³-hybridized carbons (Fsp3) is 0.200. The van der Waals surface area contributed by atoms with Gasteiger partial charge in [-0.25, -0.2) is 4.39 Å². The van der Waals surface area contributed by atoms with Crippen molar-refractivity contribution in [3.8, 4) is 5.75 Å². The third kappa shape index (κ3) is 2.32. The van der Waals surface area contributed by atoms with Crippen LogP contribution < -0.4 is 10.5 Å². The monoisotopic (exact) mass is 355 g/mol. The molecule has 20 heavy (non-hydrogen) atoms. The van der Waals surface area contributed by atoms with E-state index in [0.717, 1.165) is 23.3 Å². The van der Waals surface area contributed by atoms with Crippen LogP contribution in [0.5, 0.6) is 5.75 Å². The van der Waals surface area contributed by atoms with E-state index >= 15 is 0 Å². The van der Waals surface area contributed by atoms with Gasteiger partial charge in [0.05, 0.1) is 17.1 Å². The van der Waals surface area contributed by atoms with E-state index < -0.39 is 6.04 Å². The Labute approximate surface area is 129 Å². The number of hydrogen-bond acceptors (Lipinski definition) is 2. The van der Waals surface area contributed by atoms with Gasteiger partial charge in [-0.2, -0.15) is 0 Å². The predicted molar refractivity (Wildman–Crippen MR) is 80.8 cm³/mol. The second-order valence-corrected chi connectivity index (χ2v) is 5.99. The van der Waals surface area contributed by atoms with Crippen LogP contribution in [0, 0.1) is 5.82 Å². The van der Waals surface area contributed by atoms with Crippen molar-refractivity contribution in [1.29, 1.82) is 0 Å². The predicted octanol–water partition coefficient (Wildman–Crippen LogP) is 4.22. The summed E-state index contributed by atoms with van der Waals surface area (Å²) >= 11 is 9.29. The van der Waals surface area contributed by atoms with Crippen LogP contribution in [-0.2, 0) is 6.42 Å². The van der Waals surface area contributed by atoms with Crippen molar-refractivity contribution in [3.05, 3.63) is 62.3 Å². The average Bonchev–Trinajstić information content (AvgIpc) is 2.88. The Kier molecular flexibility index (Phi) is 3.71. The summed E-state index contributed by atoms with van der Waals surface area (Å²) in [7, 11) is 0. The highest BCUT2D eigenvalue weighted by atomic mass is 79.9. The van der Waals surface area contributed by atoms with Crippen molar-refractivity contribution >= 4 is 27.5 Å². The second-order valence-electron chi connectivity index (χ2n) is 4.70. The zero-order valence-electron chi connectivity index (χ0n) is 10.5. The summed E-state index contributed by atoms with van der Waals surface area (Å²) in [4.78, 5) is 0. The molecule has 0 spiro atoms. The van der Waals surface area contributed by atoms with Gasteiger partial charge in [0.15, 0.2) is 0 Å². The Bertz CT molecular complexity index is 677. The summed E-state index contributed by atoms with van der Waals surface area (Å²) in [5.74, 6) is 0.382. The van der Waals surface area contributed by atoms with Gasteiger partial charge in [-0.1, -0.05) is 23.7 Å². The van der Waals surface area contributed by atoms with Gasteiger partial charge in [0.1, 0.15) is 11.6 Å². The molecular formula is C15H12BrClFNO. The van der Waals surface area contributed by atoms with Crippen LogP contribution in [0.1, 0.15) is 22.7 Å². The Hall–Kier alpha value is -1.10. The van der Waals surface area contributed by atoms with Crippen LogP contribution in [0.3, 0.4) is 0 Å². The summed E-state index contributed by atoms with van der Waals surface area (Å²) in [6, 6.07) is 8.08. The molecule has 0 amide bonds. The Morgan fingerprint density at radius 1 is 1.30 bits per heavy atom. The number of ether oxygens (including phenoxy) is 1. The largest absolute Gasteiger partial charge is 0.493 e. The Balaban J connectivity index is 2.11. The molecule has 104 valence electrons. The number of fused-ring (bicyclic) bond motifs is 1. The summed E-state index contributed by atoms with van der Waals surface area (Å²) in [6.45, 7) is 0.608. The highest BCUT2D eigenvalue weighted by Crippen LogP contribution is 2.38. The van der Waals surface area contributed by atoms with Gasteiger partial charge in [-0.05, 0) is 39.7 Å². The van der Waals surface area contributed by atoms with Gasteiger partial charge in [0.25, 0.3) is 0 Å². The molecule has 5 heteroatoms. The lowest BCUT2D eigenvalue weighted by atomic mass is 9.96. The van der Waals surface area contributed by atoms with Crippen molar-refractivity contribution in [2.45, 2.75) is 12.5 Å². The van der Waals surface area contributed by atoms with Crippen LogP contribution in [-0.4, -0.2) is 6.61 Å². The van der Waals surface area contributed by atoms with E-state index in [1.807, 2.05) is 6.07 Å². The average molecular weight is 357 g/mol. The van der Waals surface area contributed by atoms with Crippen LogP contribution in [0.15, 0.2) is 34.8 Å². The van der Waals surface area contributed by atoms with Crippen molar-refractivity contribution < 1.29 is 9.13 Å². The topological polar surface area (TPSA) is 35.2 Å². The molecule has 0 saturated carbocycles. The molecule has 0 fully saturated rings. The number of halogens is 3. The van der Waals surface area contributed by atoms with Gasteiger partial charge in [-0.15, -0.1) is 0 Å². The number of hydrogen-bond donors (Lipinski definition) is 1. The second kappa shape index (κ2) is 5.35. The van der Waals surface area contributed by atoms with Crippen molar-refractivity contribution in [3.63, 3.8) is 0 Å². The third-order valence-electron chi connectivity index (χ3n) is 3.43. The quantitative estimate of drug-likeness (QED) is 0.874. The summed E-state index contributed by atoms with van der Waals surface area (Å²) < 4.78 is 20.2. The van der Waals surface area contributed by atoms with E-state index in [-0.39, 0.29) is 5.82 Å². The van der Waals surface area contributed by atoms with E-state index in [2.05, 4.69) is 15.9 Å². The van der Waals surface area contributed by atoms with Crippen LogP contribution in [0.25, 0.3) is 0 Å². The smallest absolute Gasteiger partial charge is 0.142 e. The van der Waals surface area contributed by atoms with Gasteiger partial charge in [0, 0.05) is 22.6 Å². The fourth-order valence-electron chi connectivity index (χ4n) is 2.46. The molecule has 1 atom stereocenters. The van der Waals surface area contributed by atoms with Crippen LogP contribution in [0.2, 0.25) is 5.02 Å². The Morgan fingerprint density at radius 3 is 2.90 bits per heavy atom. The lowest BCUT2D eigenvalue weighted by Crippen LogP contribution is -2.15. The molecule has 1 heterocycles. The normalized spacial score (nSPS) is 14.8. The molecule has 0 aromatic heterocycles. The minimum Gasteiger partial charge on any atom is -0.493 e. The van der Waals surface area contributed by atoms with Crippen molar-refractivity contribution in [2.75, 3.05) is 6.61 Å². The van der Waals surface area contributed by atoms with E-state index in [1.54, 1.807) is 24.3 Å². The zero-order valence-corrected chi connectivity index (χ0v) is 12.8. The first-order valence-corrected chi connectivity index (χ1v) is 7.39. The van der Waals surface area contributed by atoms with Gasteiger partial charge < -0.3 is 10.5 Å².